The van der Waals surface area contributed by atoms with Crippen LogP contribution in [-0.2, 0) is 0 Å². The van der Waals surface area contributed by atoms with Crippen LogP contribution in [0.5, 0.6) is 11.5 Å². The highest BCUT2D eigenvalue weighted by Gasteiger charge is 2.32. The average molecular weight is 479 g/mol. The molecule has 0 N–H and O–H groups in total. The third-order valence-corrected chi connectivity index (χ3v) is 11.4. The second kappa shape index (κ2) is 8.78. The van der Waals surface area contributed by atoms with Crippen LogP contribution >= 0.6 is 0 Å². The predicted molar refractivity (Wildman–Crippen MR) is 150 cm³/mol. The third-order valence-electron chi connectivity index (χ3n) is 6.49. The second-order valence-electron chi connectivity index (χ2n) is 9.71. The second-order valence-corrected chi connectivity index (χ2v) is 17.3. The summed E-state index contributed by atoms with van der Waals surface area (Å²) in [5.41, 5.74) is 0. The molecule has 170 valence electrons. The minimum absolute atomic E-state index is 0.957. The molecule has 0 amide bonds. The van der Waals surface area contributed by atoms with E-state index in [9.17, 15) is 0 Å². The van der Waals surface area contributed by atoms with Crippen molar-refractivity contribution in [3.63, 3.8) is 0 Å². The molecule has 5 rings (SSSR count). The van der Waals surface area contributed by atoms with Crippen LogP contribution in [0, 0.1) is 0 Å². The van der Waals surface area contributed by atoms with E-state index in [4.69, 9.17) is 8.85 Å². The monoisotopic (exact) mass is 478 g/mol. The van der Waals surface area contributed by atoms with Gasteiger partial charge >= 0.3 is 0 Å². The first-order valence-corrected chi connectivity index (χ1v) is 17.6. The average Bonchev–Trinajstić information content (AvgIpc) is 2.87. The van der Waals surface area contributed by atoms with Crippen molar-refractivity contribution in [3.8, 4) is 11.5 Å². The fraction of sp³-hybridized carbons (Fsp3) is 0.133. The van der Waals surface area contributed by atoms with E-state index in [0.717, 1.165) is 33.0 Å². The molecular weight excluding hydrogens is 449 g/mol. The molecule has 0 aliphatic heterocycles. The van der Waals surface area contributed by atoms with Gasteiger partial charge in [-0.2, -0.15) is 0 Å². The van der Waals surface area contributed by atoms with Crippen LogP contribution < -0.4 is 19.2 Å². The summed E-state index contributed by atoms with van der Waals surface area (Å²) in [6.07, 6.45) is 0. The van der Waals surface area contributed by atoms with E-state index < -0.39 is 16.6 Å². The van der Waals surface area contributed by atoms with Gasteiger partial charge in [-0.3, -0.25) is 0 Å². The highest BCUT2D eigenvalue weighted by molar-refractivity contribution is 6.85. The summed E-state index contributed by atoms with van der Waals surface area (Å²) in [6, 6.07) is 38.2. The molecule has 34 heavy (non-hydrogen) atoms. The summed E-state index contributed by atoms with van der Waals surface area (Å²) in [4.78, 5) is 0. The quantitative estimate of drug-likeness (QED) is 0.194. The zero-order valence-electron chi connectivity index (χ0n) is 20.2. The molecule has 5 aromatic rings. The summed E-state index contributed by atoms with van der Waals surface area (Å²) >= 11 is 0. The summed E-state index contributed by atoms with van der Waals surface area (Å²) in [7, 11) is -4.41. The summed E-state index contributed by atoms with van der Waals surface area (Å²) in [5, 5.41) is 6.97. The molecule has 0 saturated carbocycles. The maximum Gasteiger partial charge on any atom is 0.276 e. The van der Waals surface area contributed by atoms with Gasteiger partial charge in [0.15, 0.2) is 0 Å². The van der Waals surface area contributed by atoms with Gasteiger partial charge in [-0.15, -0.1) is 0 Å². The Labute approximate surface area is 204 Å². The third kappa shape index (κ3) is 4.15. The first-order chi connectivity index (χ1) is 16.4. The Balaban J connectivity index is 1.71. The van der Waals surface area contributed by atoms with E-state index in [0.29, 0.717) is 0 Å². The molecule has 0 radical (unpaired) electrons. The Morgan fingerprint density at radius 3 is 0.941 bits per heavy atom. The van der Waals surface area contributed by atoms with Crippen molar-refractivity contribution in [1.82, 2.24) is 0 Å². The van der Waals surface area contributed by atoms with E-state index >= 15 is 0 Å². The topological polar surface area (TPSA) is 18.5 Å². The van der Waals surface area contributed by atoms with Crippen molar-refractivity contribution in [2.75, 3.05) is 0 Å². The fourth-order valence-electron chi connectivity index (χ4n) is 4.58. The smallest absolute Gasteiger partial charge is 0.276 e. The Morgan fingerprint density at radius 1 is 0.382 bits per heavy atom. The zero-order valence-corrected chi connectivity index (χ0v) is 22.2. The molecule has 5 aromatic carbocycles. The molecule has 0 atom stereocenters. The molecule has 0 heterocycles. The molecule has 0 bridgehead atoms. The first kappa shape index (κ1) is 22.4. The summed E-state index contributed by atoms with van der Waals surface area (Å²) in [6.45, 7) is 9.06. The van der Waals surface area contributed by atoms with E-state index in [1.165, 1.54) is 10.4 Å². The van der Waals surface area contributed by atoms with Gasteiger partial charge in [-0.25, -0.2) is 0 Å². The SMILES string of the molecule is C[Si](C)(Oc1c2ccccc2c(O[Si](C)(C)c2ccccc2)c2ccccc12)c1ccccc1. The van der Waals surface area contributed by atoms with Gasteiger partial charge in [0.25, 0.3) is 16.6 Å². The Morgan fingerprint density at radius 2 is 0.647 bits per heavy atom. The molecular formula is C30H30O2Si2. The predicted octanol–water partition coefficient (Wildman–Crippen LogP) is 6.98. The van der Waals surface area contributed by atoms with Crippen LogP contribution in [0.4, 0.5) is 0 Å². The molecule has 0 unspecified atom stereocenters. The van der Waals surface area contributed by atoms with Crippen molar-refractivity contribution >= 4 is 48.6 Å². The lowest BCUT2D eigenvalue weighted by atomic mass is 10.0. The number of rotatable bonds is 6. The number of hydrogen-bond donors (Lipinski definition) is 0. The molecule has 0 aliphatic carbocycles. The van der Waals surface area contributed by atoms with E-state index in [1.807, 2.05) is 0 Å². The van der Waals surface area contributed by atoms with E-state index in [-0.39, 0.29) is 0 Å². The van der Waals surface area contributed by atoms with Gasteiger partial charge in [-0.05, 0) is 36.6 Å². The maximum atomic E-state index is 6.98. The van der Waals surface area contributed by atoms with Gasteiger partial charge in [-0.1, -0.05) is 109 Å². The van der Waals surface area contributed by atoms with E-state index in [2.05, 4.69) is 135 Å². The lowest BCUT2D eigenvalue weighted by Gasteiger charge is -2.30. The number of benzene rings is 5. The highest BCUT2D eigenvalue weighted by Crippen LogP contribution is 2.44. The van der Waals surface area contributed by atoms with Gasteiger partial charge in [0.1, 0.15) is 11.5 Å². The van der Waals surface area contributed by atoms with Crippen LogP contribution in [0.15, 0.2) is 109 Å². The highest BCUT2D eigenvalue weighted by atomic mass is 28.4. The molecule has 2 nitrogen and oxygen atoms in total. The molecule has 0 fully saturated rings. The van der Waals surface area contributed by atoms with Crippen LogP contribution in [-0.4, -0.2) is 16.6 Å². The Kier molecular flexibility index (Phi) is 5.80. The number of fused-ring (bicyclic) bond motifs is 2. The standard InChI is InChI=1S/C30H30O2Si2/c1-33(2,23-15-7-5-8-16-23)31-29-25-19-11-13-21-27(25)30(28-22-14-12-20-26(28)29)32-34(3,4)24-17-9-6-10-18-24/h5-22H,1-4H3. The van der Waals surface area contributed by atoms with Crippen molar-refractivity contribution in [2.45, 2.75) is 26.2 Å². The van der Waals surface area contributed by atoms with Crippen LogP contribution in [0.2, 0.25) is 26.2 Å². The van der Waals surface area contributed by atoms with Gasteiger partial charge in [0.2, 0.25) is 0 Å². The van der Waals surface area contributed by atoms with Gasteiger partial charge in [0, 0.05) is 21.5 Å². The van der Waals surface area contributed by atoms with Gasteiger partial charge < -0.3 is 8.85 Å². The van der Waals surface area contributed by atoms with Crippen molar-refractivity contribution in [1.29, 1.82) is 0 Å². The normalized spacial score (nSPS) is 12.1. The summed E-state index contributed by atoms with van der Waals surface area (Å²) in [5.74, 6) is 1.91. The molecule has 4 heteroatoms. The molecule has 0 aliphatic rings. The van der Waals surface area contributed by atoms with E-state index in [1.54, 1.807) is 0 Å². The minimum atomic E-state index is -2.20. The molecule has 0 spiro atoms. The molecule has 0 aromatic heterocycles. The zero-order chi connectivity index (χ0) is 23.8. The minimum Gasteiger partial charge on any atom is -0.539 e. The fourth-order valence-corrected chi connectivity index (χ4v) is 8.26. The van der Waals surface area contributed by atoms with Crippen molar-refractivity contribution in [2.24, 2.45) is 0 Å². The van der Waals surface area contributed by atoms with Crippen molar-refractivity contribution < 1.29 is 8.85 Å². The number of hydrogen-bond acceptors (Lipinski definition) is 2. The lowest BCUT2D eigenvalue weighted by Crippen LogP contribution is -2.48. The largest absolute Gasteiger partial charge is 0.539 e. The Hall–Kier alpha value is -3.35. The Bertz CT molecular complexity index is 1280. The van der Waals surface area contributed by atoms with Crippen LogP contribution in [0.25, 0.3) is 21.5 Å². The summed E-state index contributed by atoms with van der Waals surface area (Å²) < 4.78 is 14.0. The van der Waals surface area contributed by atoms with Crippen LogP contribution in [0.1, 0.15) is 0 Å². The van der Waals surface area contributed by atoms with Crippen LogP contribution in [0.3, 0.4) is 0 Å². The lowest BCUT2D eigenvalue weighted by molar-refractivity contribution is 0.568. The first-order valence-electron chi connectivity index (χ1n) is 11.8. The van der Waals surface area contributed by atoms with Gasteiger partial charge in [0.05, 0.1) is 0 Å². The molecule has 0 saturated heterocycles. The van der Waals surface area contributed by atoms with Crippen molar-refractivity contribution in [3.05, 3.63) is 109 Å². The maximum absolute atomic E-state index is 6.98.